The average Bonchev–Trinajstić information content (AvgIpc) is 3.47. The van der Waals surface area contributed by atoms with Gasteiger partial charge in [0, 0.05) is 18.3 Å². The average molecular weight is 483 g/mol. The van der Waals surface area contributed by atoms with Gasteiger partial charge in [0.1, 0.15) is 6.61 Å². The molecule has 176 valence electrons. The largest absolute Gasteiger partial charge is 0.483 e. The molecule has 1 N–H and O–H groups in total. The highest BCUT2D eigenvalue weighted by Gasteiger charge is 2.43. The summed E-state index contributed by atoms with van der Waals surface area (Å²) < 4.78 is 46.9. The van der Waals surface area contributed by atoms with Gasteiger partial charge in [0.05, 0.1) is 6.26 Å². The summed E-state index contributed by atoms with van der Waals surface area (Å²) in [6, 6.07) is 6.60. The second-order valence-electron chi connectivity index (χ2n) is 8.94. The molecule has 0 radical (unpaired) electrons. The van der Waals surface area contributed by atoms with Crippen LogP contribution in [0.25, 0.3) is 0 Å². The maximum absolute atomic E-state index is 14.0. The maximum atomic E-state index is 14.0. The van der Waals surface area contributed by atoms with Crippen LogP contribution in [0.3, 0.4) is 0 Å². The molecule has 4 unspecified atom stereocenters. The number of nitrogens with one attached hydrogen (secondary N) is 1. The van der Waals surface area contributed by atoms with Crippen molar-refractivity contribution in [3.8, 4) is 5.75 Å². The number of rotatable bonds is 11. The van der Waals surface area contributed by atoms with E-state index < -0.39 is 15.8 Å². The quantitative estimate of drug-likeness (QED) is 0.385. The number of benzene rings is 1. The number of halogens is 1. The zero-order chi connectivity index (χ0) is 22.7. The van der Waals surface area contributed by atoms with E-state index in [-0.39, 0.29) is 18.4 Å². The summed E-state index contributed by atoms with van der Waals surface area (Å²) in [5.41, 5.74) is 0. The smallest absolute Gasteiger partial charge is 0.208 e. The van der Waals surface area contributed by atoms with E-state index in [1.165, 1.54) is 31.7 Å². The molecule has 32 heavy (non-hydrogen) atoms. The van der Waals surface area contributed by atoms with E-state index in [0.717, 1.165) is 29.0 Å². The Hall–Kier alpha value is -1.65. The number of sulfonamides is 1. The van der Waals surface area contributed by atoms with Gasteiger partial charge in [-0.15, -0.1) is 10.2 Å². The molecule has 2 bridgehead atoms. The zero-order valence-corrected chi connectivity index (χ0v) is 20.2. The third-order valence-corrected chi connectivity index (χ3v) is 8.42. The Kier molecular flexibility index (Phi) is 7.41. The molecule has 10 heteroatoms. The van der Waals surface area contributed by atoms with E-state index in [4.69, 9.17) is 4.74 Å². The van der Waals surface area contributed by atoms with Gasteiger partial charge in [-0.25, -0.2) is 17.5 Å². The van der Waals surface area contributed by atoms with Gasteiger partial charge in [-0.05, 0) is 62.5 Å². The molecule has 0 spiro atoms. The molecule has 2 aromatic rings. The molecule has 1 aromatic heterocycles. The second kappa shape index (κ2) is 10.1. The lowest BCUT2D eigenvalue weighted by Crippen LogP contribution is -2.25. The van der Waals surface area contributed by atoms with Gasteiger partial charge in [0.2, 0.25) is 10.0 Å². The number of hydrogen-bond donors (Lipinski definition) is 1. The third-order valence-electron chi connectivity index (χ3n) is 6.66. The Morgan fingerprint density at radius 2 is 2.09 bits per heavy atom. The van der Waals surface area contributed by atoms with Crippen molar-refractivity contribution >= 4 is 21.8 Å². The highest BCUT2D eigenvalue weighted by Crippen LogP contribution is 2.52. The molecular weight excluding hydrogens is 451 g/mol. The zero-order valence-electron chi connectivity index (χ0n) is 18.5. The maximum Gasteiger partial charge on any atom is 0.208 e. The van der Waals surface area contributed by atoms with Crippen molar-refractivity contribution in [3.63, 3.8) is 0 Å². The van der Waals surface area contributed by atoms with Crippen molar-refractivity contribution in [2.24, 2.45) is 17.8 Å². The van der Waals surface area contributed by atoms with Crippen LogP contribution in [-0.2, 0) is 16.6 Å². The van der Waals surface area contributed by atoms with E-state index in [0.29, 0.717) is 24.7 Å². The topological polar surface area (TPSA) is 86.1 Å². The fourth-order valence-electron chi connectivity index (χ4n) is 5.19. The highest BCUT2D eigenvalue weighted by molar-refractivity contribution is 7.99. The van der Waals surface area contributed by atoms with Crippen LogP contribution < -0.4 is 9.46 Å². The first-order valence-electron chi connectivity index (χ1n) is 11.2. The van der Waals surface area contributed by atoms with Crippen LogP contribution in [0.2, 0.25) is 0 Å². The summed E-state index contributed by atoms with van der Waals surface area (Å²) in [5, 5.41) is 9.61. The lowest BCUT2D eigenvalue weighted by molar-refractivity contribution is 0.215. The summed E-state index contributed by atoms with van der Waals surface area (Å²) in [6.07, 6.45) is 7.04. The lowest BCUT2D eigenvalue weighted by atomic mass is 9.84. The molecule has 0 saturated heterocycles. The summed E-state index contributed by atoms with van der Waals surface area (Å²) in [5.74, 6) is 3.39. The van der Waals surface area contributed by atoms with Gasteiger partial charge >= 0.3 is 0 Å². The molecule has 4 rings (SSSR count). The van der Waals surface area contributed by atoms with E-state index in [1.807, 2.05) is 0 Å². The Labute approximate surface area is 193 Å². The van der Waals surface area contributed by atoms with Gasteiger partial charge < -0.3 is 4.74 Å². The van der Waals surface area contributed by atoms with Crippen LogP contribution >= 0.6 is 11.8 Å². The van der Waals surface area contributed by atoms with Gasteiger partial charge in [-0.1, -0.05) is 30.3 Å². The summed E-state index contributed by atoms with van der Waals surface area (Å²) in [6.45, 7) is 2.77. The second-order valence-corrected chi connectivity index (χ2v) is 11.8. The lowest BCUT2D eigenvalue weighted by Gasteiger charge is -2.30. The molecule has 7 nitrogen and oxygen atoms in total. The standard InChI is InChI=1S/C22H31FN4O3S2/c1-15(18-13-16-8-9-17(18)12-16)27-21(14-30-20-7-4-3-6-19(20)23)25-26-22(27)31-11-5-10-24-32(2,28)29/h3-4,6-7,15-18,24H,5,8-14H2,1-2H3. The SMILES string of the molecule is CC(C1CC2CCC1C2)n1c(COc2ccccc2F)nnc1SCCCNS(C)(=O)=O. The minimum atomic E-state index is -3.18. The summed E-state index contributed by atoms with van der Waals surface area (Å²) in [4.78, 5) is 0. The van der Waals surface area contributed by atoms with Crippen molar-refractivity contribution < 1.29 is 17.5 Å². The molecule has 2 fully saturated rings. The van der Waals surface area contributed by atoms with E-state index in [1.54, 1.807) is 30.0 Å². The molecular formula is C22H31FN4O3S2. The molecule has 0 aliphatic heterocycles. The van der Waals surface area contributed by atoms with Gasteiger partial charge in [-0.2, -0.15) is 0 Å². The van der Waals surface area contributed by atoms with Crippen molar-refractivity contribution in [2.75, 3.05) is 18.6 Å². The number of nitrogens with zero attached hydrogens (tertiary/aromatic N) is 3. The Balaban J connectivity index is 1.47. The van der Waals surface area contributed by atoms with Crippen LogP contribution in [-0.4, -0.2) is 41.7 Å². The number of para-hydroxylation sites is 1. The van der Waals surface area contributed by atoms with Gasteiger partial charge in [0.15, 0.2) is 22.5 Å². The van der Waals surface area contributed by atoms with Crippen LogP contribution in [0.5, 0.6) is 5.75 Å². The van der Waals surface area contributed by atoms with Crippen molar-refractivity contribution in [1.29, 1.82) is 0 Å². The molecule has 1 heterocycles. The fraction of sp³-hybridized carbons (Fsp3) is 0.636. The fourth-order valence-corrected chi connectivity index (χ4v) is 6.68. The van der Waals surface area contributed by atoms with Crippen LogP contribution in [0, 0.1) is 23.6 Å². The van der Waals surface area contributed by atoms with Gasteiger partial charge in [-0.3, -0.25) is 4.57 Å². The molecule has 4 atom stereocenters. The van der Waals surface area contributed by atoms with Gasteiger partial charge in [0.25, 0.3) is 0 Å². The number of ether oxygens (including phenoxy) is 1. The predicted octanol–water partition coefficient (Wildman–Crippen LogP) is 4.02. The number of aromatic nitrogens is 3. The predicted molar refractivity (Wildman–Crippen MR) is 123 cm³/mol. The number of thioether (sulfide) groups is 1. The minimum Gasteiger partial charge on any atom is -0.483 e. The first kappa shape index (κ1) is 23.5. The van der Waals surface area contributed by atoms with E-state index in [9.17, 15) is 12.8 Å². The molecule has 0 amide bonds. The Morgan fingerprint density at radius 3 is 2.78 bits per heavy atom. The molecule has 2 aliphatic rings. The summed E-state index contributed by atoms with van der Waals surface area (Å²) in [7, 11) is -3.18. The van der Waals surface area contributed by atoms with Crippen molar-refractivity contribution in [3.05, 3.63) is 35.9 Å². The number of fused-ring (bicyclic) bond motifs is 2. The molecule has 2 aliphatic carbocycles. The van der Waals surface area contributed by atoms with E-state index in [2.05, 4.69) is 26.4 Å². The Bertz CT molecular complexity index is 1030. The Morgan fingerprint density at radius 1 is 1.28 bits per heavy atom. The van der Waals surface area contributed by atoms with Crippen molar-refractivity contribution in [1.82, 2.24) is 19.5 Å². The highest BCUT2D eigenvalue weighted by atomic mass is 32.2. The minimum absolute atomic E-state index is 0.148. The van der Waals surface area contributed by atoms with Crippen LogP contribution in [0.15, 0.2) is 29.4 Å². The molecule has 1 aromatic carbocycles. The monoisotopic (exact) mass is 482 g/mol. The van der Waals surface area contributed by atoms with Crippen molar-refractivity contribution in [2.45, 2.75) is 56.8 Å². The van der Waals surface area contributed by atoms with E-state index >= 15 is 0 Å². The van der Waals surface area contributed by atoms with Crippen LogP contribution in [0.4, 0.5) is 4.39 Å². The van der Waals surface area contributed by atoms with Crippen LogP contribution in [0.1, 0.15) is 50.9 Å². The first-order chi connectivity index (χ1) is 15.3. The normalized spacial score (nSPS) is 23.5. The molecule has 2 saturated carbocycles. The third kappa shape index (κ3) is 5.63. The summed E-state index contributed by atoms with van der Waals surface area (Å²) >= 11 is 1.58. The first-order valence-corrected chi connectivity index (χ1v) is 14.1. The number of hydrogen-bond acceptors (Lipinski definition) is 6.